The summed E-state index contributed by atoms with van der Waals surface area (Å²) in [5.74, 6) is 0.275. The van der Waals surface area contributed by atoms with E-state index in [9.17, 15) is 4.79 Å². The molecule has 1 saturated carbocycles. The number of ether oxygens (including phenoxy) is 1. The van der Waals surface area contributed by atoms with Crippen molar-refractivity contribution in [1.29, 1.82) is 0 Å². The van der Waals surface area contributed by atoms with Gasteiger partial charge in [0, 0.05) is 31.4 Å². The molecular formula is C19H23N3O2. The Labute approximate surface area is 142 Å². The van der Waals surface area contributed by atoms with Gasteiger partial charge in [-0.2, -0.15) is 0 Å². The molecular weight excluding hydrogens is 302 g/mol. The van der Waals surface area contributed by atoms with E-state index in [1.807, 2.05) is 0 Å². The van der Waals surface area contributed by atoms with Crippen molar-refractivity contribution < 1.29 is 9.53 Å². The minimum atomic E-state index is -0.000159. The molecule has 24 heavy (non-hydrogen) atoms. The van der Waals surface area contributed by atoms with Crippen LogP contribution < -0.4 is 10.1 Å². The summed E-state index contributed by atoms with van der Waals surface area (Å²) in [6.45, 7) is 4.28. The molecule has 1 fully saturated rings. The minimum Gasteiger partial charge on any atom is -0.460 e. The first kappa shape index (κ1) is 16.4. The van der Waals surface area contributed by atoms with Gasteiger partial charge in [0.2, 0.25) is 5.91 Å². The summed E-state index contributed by atoms with van der Waals surface area (Å²) < 4.78 is 5.68. The Morgan fingerprint density at radius 2 is 1.88 bits per heavy atom. The molecule has 0 bridgehead atoms. The van der Waals surface area contributed by atoms with Crippen molar-refractivity contribution in [3.05, 3.63) is 42.2 Å². The molecule has 1 atom stereocenters. The zero-order valence-corrected chi connectivity index (χ0v) is 14.2. The number of carbonyl (C=O) groups excluding carboxylic acids is 1. The molecule has 0 spiro atoms. The molecule has 1 aromatic heterocycles. The first-order valence-corrected chi connectivity index (χ1v) is 8.45. The number of amides is 1. The Morgan fingerprint density at radius 1 is 1.21 bits per heavy atom. The van der Waals surface area contributed by atoms with Crippen LogP contribution in [0.5, 0.6) is 6.01 Å². The second kappa shape index (κ2) is 7.43. The second-order valence-corrected chi connectivity index (χ2v) is 6.39. The maximum Gasteiger partial charge on any atom is 0.316 e. The van der Waals surface area contributed by atoms with Gasteiger partial charge >= 0.3 is 6.01 Å². The molecule has 1 amide bonds. The van der Waals surface area contributed by atoms with Crippen LogP contribution in [0.1, 0.15) is 44.6 Å². The normalized spacial score (nSPS) is 15.4. The molecule has 126 valence electrons. The number of rotatable bonds is 6. The van der Waals surface area contributed by atoms with Gasteiger partial charge in [-0.3, -0.25) is 4.79 Å². The molecule has 1 heterocycles. The van der Waals surface area contributed by atoms with E-state index in [0.717, 1.165) is 24.0 Å². The number of aromatic nitrogens is 2. The van der Waals surface area contributed by atoms with Crippen LogP contribution in [0.2, 0.25) is 0 Å². The molecule has 1 aromatic carbocycles. The fourth-order valence-corrected chi connectivity index (χ4v) is 2.58. The predicted octanol–water partition coefficient (Wildman–Crippen LogP) is 3.31. The Morgan fingerprint density at radius 3 is 2.42 bits per heavy atom. The molecule has 5 nitrogen and oxygen atoms in total. The topological polar surface area (TPSA) is 64.1 Å². The maximum atomic E-state index is 11.0. The lowest BCUT2D eigenvalue weighted by molar-refractivity contribution is -0.119. The highest BCUT2D eigenvalue weighted by molar-refractivity contribution is 5.72. The van der Waals surface area contributed by atoms with Crippen molar-refractivity contribution in [2.45, 2.75) is 45.1 Å². The number of benzene rings is 1. The molecule has 2 aromatic rings. The van der Waals surface area contributed by atoms with E-state index in [0.29, 0.717) is 18.7 Å². The van der Waals surface area contributed by atoms with Crippen molar-refractivity contribution in [2.24, 2.45) is 0 Å². The number of hydrogen-bond donors (Lipinski definition) is 1. The number of carbonyl (C=O) groups is 1. The average molecular weight is 325 g/mol. The Hall–Kier alpha value is -2.43. The van der Waals surface area contributed by atoms with E-state index < -0.39 is 0 Å². The van der Waals surface area contributed by atoms with Crippen molar-refractivity contribution in [1.82, 2.24) is 15.3 Å². The standard InChI is InChI=1S/C19H23N3O2/c1-13(10-20-14(2)23)15-6-8-16(9-7-15)17-11-21-19(22-12-17)24-18-4-3-5-18/h6-9,11-13,18H,3-5,10H2,1-2H3,(H,20,23). The van der Waals surface area contributed by atoms with Crippen LogP contribution in [0.25, 0.3) is 11.1 Å². The van der Waals surface area contributed by atoms with Gasteiger partial charge in [0.15, 0.2) is 0 Å². The molecule has 1 N–H and O–H groups in total. The van der Waals surface area contributed by atoms with E-state index >= 15 is 0 Å². The highest BCUT2D eigenvalue weighted by atomic mass is 16.5. The summed E-state index contributed by atoms with van der Waals surface area (Å²) in [7, 11) is 0. The fourth-order valence-electron chi connectivity index (χ4n) is 2.58. The van der Waals surface area contributed by atoms with Crippen LogP contribution in [-0.4, -0.2) is 28.5 Å². The highest BCUT2D eigenvalue weighted by Gasteiger charge is 2.20. The molecule has 0 radical (unpaired) electrons. The van der Waals surface area contributed by atoms with Crippen LogP contribution in [0, 0.1) is 0 Å². The number of nitrogens with one attached hydrogen (secondary N) is 1. The van der Waals surface area contributed by atoms with Gasteiger partial charge in [-0.15, -0.1) is 0 Å². The largest absolute Gasteiger partial charge is 0.460 e. The quantitative estimate of drug-likeness (QED) is 0.885. The lowest BCUT2D eigenvalue weighted by atomic mass is 9.96. The summed E-state index contributed by atoms with van der Waals surface area (Å²) in [4.78, 5) is 19.6. The van der Waals surface area contributed by atoms with Gasteiger partial charge in [0.25, 0.3) is 0 Å². The summed E-state index contributed by atoms with van der Waals surface area (Å²) in [6, 6.07) is 8.75. The SMILES string of the molecule is CC(=O)NCC(C)c1ccc(-c2cnc(OC3CCC3)nc2)cc1. The number of nitrogens with zero attached hydrogens (tertiary/aromatic N) is 2. The molecule has 3 rings (SSSR count). The van der Waals surface area contributed by atoms with Gasteiger partial charge < -0.3 is 10.1 Å². The highest BCUT2D eigenvalue weighted by Crippen LogP contribution is 2.25. The minimum absolute atomic E-state index is 0.000159. The molecule has 0 saturated heterocycles. The molecule has 1 aliphatic rings. The van der Waals surface area contributed by atoms with Crippen LogP contribution in [0.4, 0.5) is 0 Å². The Bertz CT molecular complexity index is 679. The van der Waals surface area contributed by atoms with E-state index in [4.69, 9.17) is 4.74 Å². The zero-order chi connectivity index (χ0) is 16.9. The smallest absolute Gasteiger partial charge is 0.316 e. The first-order chi connectivity index (χ1) is 11.6. The monoisotopic (exact) mass is 325 g/mol. The Kier molecular flexibility index (Phi) is 5.08. The number of hydrogen-bond acceptors (Lipinski definition) is 4. The molecule has 1 aliphatic carbocycles. The predicted molar refractivity (Wildman–Crippen MR) is 92.8 cm³/mol. The van der Waals surface area contributed by atoms with Crippen molar-refractivity contribution >= 4 is 5.91 Å². The van der Waals surface area contributed by atoms with Crippen molar-refractivity contribution in [3.8, 4) is 17.1 Å². The Balaban J connectivity index is 1.63. The molecule has 0 aliphatic heterocycles. The van der Waals surface area contributed by atoms with Gasteiger partial charge in [0.1, 0.15) is 6.10 Å². The summed E-state index contributed by atoms with van der Waals surface area (Å²) in [5.41, 5.74) is 3.23. The van der Waals surface area contributed by atoms with E-state index in [1.54, 1.807) is 12.4 Å². The summed E-state index contributed by atoms with van der Waals surface area (Å²) >= 11 is 0. The third kappa shape index (κ3) is 4.10. The van der Waals surface area contributed by atoms with E-state index in [1.165, 1.54) is 18.9 Å². The maximum absolute atomic E-state index is 11.0. The van der Waals surface area contributed by atoms with Gasteiger partial charge in [-0.1, -0.05) is 31.2 Å². The van der Waals surface area contributed by atoms with Crippen molar-refractivity contribution in [2.75, 3.05) is 6.54 Å². The van der Waals surface area contributed by atoms with Crippen LogP contribution in [-0.2, 0) is 4.79 Å². The van der Waals surface area contributed by atoms with E-state index in [-0.39, 0.29) is 11.8 Å². The average Bonchev–Trinajstić information content (AvgIpc) is 2.57. The molecule has 1 unspecified atom stereocenters. The van der Waals surface area contributed by atoms with Gasteiger partial charge in [-0.05, 0) is 36.3 Å². The van der Waals surface area contributed by atoms with Crippen molar-refractivity contribution in [3.63, 3.8) is 0 Å². The van der Waals surface area contributed by atoms with Gasteiger partial charge in [-0.25, -0.2) is 9.97 Å². The van der Waals surface area contributed by atoms with E-state index in [2.05, 4.69) is 46.5 Å². The lowest BCUT2D eigenvalue weighted by Gasteiger charge is -2.24. The fraction of sp³-hybridized carbons (Fsp3) is 0.421. The second-order valence-electron chi connectivity index (χ2n) is 6.39. The van der Waals surface area contributed by atoms with Gasteiger partial charge in [0.05, 0.1) is 0 Å². The zero-order valence-electron chi connectivity index (χ0n) is 14.2. The lowest BCUT2D eigenvalue weighted by Crippen LogP contribution is -2.25. The van der Waals surface area contributed by atoms with Crippen LogP contribution in [0.15, 0.2) is 36.7 Å². The van der Waals surface area contributed by atoms with Crippen LogP contribution in [0.3, 0.4) is 0 Å². The molecule has 5 heteroatoms. The third-order valence-corrected chi connectivity index (χ3v) is 4.42. The summed E-state index contributed by atoms with van der Waals surface area (Å²) in [6.07, 6.45) is 7.33. The third-order valence-electron chi connectivity index (χ3n) is 4.42. The summed E-state index contributed by atoms with van der Waals surface area (Å²) in [5, 5.41) is 2.85. The van der Waals surface area contributed by atoms with Crippen LogP contribution >= 0.6 is 0 Å². The first-order valence-electron chi connectivity index (χ1n) is 8.45.